The SMILES string of the molecule is COc1ccc(N2CCN(C(=O)Nc3n[nH]c4ccccc34)CC2)cc1CF. The number of alkyl halides is 1. The molecule has 146 valence electrons. The minimum Gasteiger partial charge on any atom is -0.496 e. The van der Waals surface area contributed by atoms with E-state index in [2.05, 4.69) is 20.4 Å². The Morgan fingerprint density at radius 2 is 2.00 bits per heavy atom. The topological polar surface area (TPSA) is 73.5 Å². The van der Waals surface area contributed by atoms with Crippen LogP contribution in [0, 0.1) is 0 Å². The van der Waals surface area contributed by atoms with Crippen molar-refractivity contribution in [1.29, 1.82) is 0 Å². The third-order valence-corrected chi connectivity index (χ3v) is 5.04. The summed E-state index contributed by atoms with van der Waals surface area (Å²) in [7, 11) is 1.54. The van der Waals surface area contributed by atoms with Gasteiger partial charge in [-0.15, -0.1) is 0 Å². The van der Waals surface area contributed by atoms with E-state index in [4.69, 9.17) is 4.74 Å². The second-order valence-electron chi connectivity index (χ2n) is 6.65. The Kier molecular flexibility index (Phi) is 5.01. The van der Waals surface area contributed by atoms with Gasteiger partial charge in [0.2, 0.25) is 0 Å². The number of carbonyl (C=O) groups is 1. The average Bonchev–Trinajstić information content (AvgIpc) is 3.16. The first-order valence-electron chi connectivity index (χ1n) is 9.16. The number of hydrogen-bond donors (Lipinski definition) is 2. The number of ether oxygens (including phenoxy) is 1. The zero-order valence-corrected chi connectivity index (χ0v) is 15.6. The molecule has 0 saturated carbocycles. The highest BCUT2D eigenvalue weighted by molar-refractivity contribution is 5.98. The summed E-state index contributed by atoms with van der Waals surface area (Å²) in [4.78, 5) is 16.5. The highest BCUT2D eigenvalue weighted by atomic mass is 19.1. The van der Waals surface area contributed by atoms with Gasteiger partial charge in [-0.05, 0) is 30.3 Å². The van der Waals surface area contributed by atoms with Crippen LogP contribution in [0.3, 0.4) is 0 Å². The Morgan fingerprint density at radius 1 is 1.21 bits per heavy atom. The van der Waals surface area contributed by atoms with Gasteiger partial charge >= 0.3 is 6.03 Å². The van der Waals surface area contributed by atoms with Gasteiger partial charge in [0.15, 0.2) is 5.82 Å². The Balaban J connectivity index is 1.39. The van der Waals surface area contributed by atoms with Crippen molar-refractivity contribution in [2.45, 2.75) is 6.67 Å². The molecule has 0 bridgehead atoms. The van der Waals surface area contributed by atoms with Crippen molar-refractivity contribution in [2.75, 3.05) is 43.5 Å². The summed E-state index contributed by atoms with van der Waals surface area (Å²) in [6.45, 7) is 1.92. The molecule has 1 aliphatic heterocycles. The number of methoxy groups -OCH3 is 1. The van der Waals surface area contributed by atoms with Crippen molar-refractivity contribution >= 4 is 28.4 Å². The molecule has 1 aliphatic rings. The summed E-state index contributed by atoms with van der Waals surface area (Å²) in [6, 6.07) is 13.0. The third kappa shape index (κ3) is 3.45. The maximum absolute atomic E-state index is 13.2. The van der Waals surface area contributed by atoms with Crippen LogP contribution >= 0.6 is 0 Å². The molecular formula is C20H22FN5O2. The Bertz CT molecular complexity index is 982. The van der Waals surface area contributed by atoms with Gasteiger partial charge in [-0.3, -0.25) is 10.4 Å². The van der Waals surface area contributed by atoms with E-state index in [0.29, 0.717) is 43.3 Å². The lowest BCUT2D eigenvalue weighted by Crippen LogP contribution is -2.50. The number of carbonyl (C=O) groups excluding carboxylic acids is 1. The van der Waals surface area contributed by atoms with Crippen LogP contribution in [0.25, 0.3) is 10.9 Å². The van der Waals surface area contributed by atoms with E-state index in [1.165, 1.54) is 7.11 Å². The van der Waals surface area contributed by atoms with Crippen molar-refractivity contribution in [1.82, 2.24) is 15.1 Å². The molecule has 4 rings (SSSR count). The average molecular weight is 383 g/mol. The largest absolute Gasteiger partial charge is 0.496 e. The van der Waals surface area contributed by atoms with Gasteiger partial charge in [0.25, 0.3) is 0 Å². The summed E-state index contributed by atoms with van der Waals surface area (Å²) in [5.74, 6) is 1.08. The quantitative estimate of drug-likeness (QED) is 0.724. The zero-order valence-electron chi connectivity index (χ0n) is 15.6. The number of halogens is 1. The number of nitrogens with zero attached hydrogens (tertiary/aromatic N) is 3. The number of urea groups is 1. The summed E-state index contributed by atoms with van der Waals surface area (Å²) in [5, 5.41) is 10.9. The second kappa shape index (κ2) is 7.75. The molecule has 0 radical (unpaired) electrons. The van der Waals surface area contributed by atoms with Gasteiger partial charge in [0, 0.05) is 42.8 Å². The van der Waals surface area contributed by atoms with Crippen molar-refractivity contribution in [3.8, 4) is 5.75 Å². The van der Waals surface area contributed by atoms with E-state index in [0.717, 1.165) is 16.6 Å². The predicted molar refractivity (Wildman–Crippen MR) is 107 cm³/mol. The fraction of sp³-hybridized carbons (Fsp3) is 0.300. The number of fused-ring (bicyclic) bond motifs is 1. The molecule has 2 amide bonds. The highest BCUT2D eigenvalue weighted by Crippen LogP contribution is 2.27. The second-order valence-corrected chi connectivity index (χ2v) is 6.65. The Morgan fingerprint density at radius 3 is 2.75 bits per heavy atom. The number of aromatic amines is 1. The van der Waals surface area contributed by atoms with Crippen molar-refractivity contribution in [3.05, 3.63) is 48.0 Å². The Labute approximate surface area is 162 Å². The lowest BCUT2D eigenvalue weighted by Gasteiger charge is -2.36. The number of nitrogens with one attached hydrogen (secondary N) is 2. The van der Waals surface area contributed by atoms with Gasteiger partial charge < -0.3 is 14.5 Å². The molecule has 28 heavy (non-hydrogen) atoms. The minimum atomic E-state index is -0.572. The van der Waals surface area contributed by atoms with E-state index in [-0.39, 0.29) is 6.03 Å². The number of amides is 2. The maximum atomic E-state index is 13.2. The van der Waals surface area contributed by atoms with Gasteiger partial charge in [-0.2, -0.15) is 5.10 Å². The molecule has 0 atom stereocenters. The predicted octanol–water partition coefficient (Wildman–Crippen LogP) is 3.40. The van der Waals surface area contributed by atoms with Crippen LogP contribution < -0.4 is 15.0 Å². The fourth-order valence-electron chi connectivity index (χ4n) is 3.47. The number of H-pyrrole nitrogens is 1. The van der Waals surface area contributed by atoms with Crippen molar-refractivity contribution in [2.24, 2.45) is 0 Å². The molecule has 2 N–H and O–H groups in total. The molecule has 0 unspecified atom stereocenters. The molecule has 0 aliphatic carbocycles. The Hall–Kier alpha value is -3.29. The highest BCUT2D eigenvalue weighted by Gasteiger charge is 2.23. The standard InChI is InChI=1S/C20H22FN5O2/c1-28-18-7-6-15(12-14(18)13-21)25-8-10-26(11-9-25)20(27)22-19-16-4-2-3-5-17(16)23-24-19/h2-7,12H,8-11,13H2,1H3,(H2,22,23,24,27). The van der Waals surface area contributed by atoms with Crippen LogP contribution in [0.4, 0.5) is 20.7 Å². The van der Waals surface area contributed by atoms with Gasteiger partial charge in [-0.25, -0.2) is 9.18 Å². The number of rotatable bonds is 4. The first-order chi connectivity index (χ1) is 13.7. The molecule has 8 heteroatoms. The van der Waals surface area contributed by atoms with Crippen LogP contribution in [0.15, 0.2) is 42.5 Å². The number of hydrogen-bond acceptors (Lipinski definition) is 4. The summed E-state index contributed by atoms with van der Waals surface area (Å²) in [5.41, 5.74) is 2.35. The normalized spacial score (nSPS) is 14.4. The van der Waals surface area contributed by atoms with Gasteiger partial charge in [0.1, 0.15) is 12.4 Å². The van der Waals surface area contributed by atoms with Crippen molar-refractivity contribution in [3.63, 3.8) is 0 Å². The van der Waals surface area contributed by atoms with Gasteiger partial charge in [-0.1, -0.05) is 12.1 Å². The van der Waals surface area contributed by atoms with Crippen LogP contribution in [0.2, 0.25) is 0 Å². The van der Waals surface area contributed by atoms with E-state index in [1.54, 1.807) is 11.0 Å². The van der Waals surface area contributed by atoms with E-state index in [9.17, 15) is 9.18 Å². The molecule has 7 nitrogen and oxygen atoms in total. The molecule has 0 spiro atoms. The van der Waals surface area contributed by atoms with Gasteiger partial charge in [0.05, 0.1) is 12.6 Å². The van der Waals surface area contributed by atoms with Crippen LogP contribution in [-0.4, -0.2) is 54.4 Å². The first-order valence-corrected chi connectivity index (χ1v) is 9.16. The van der Waals surface area contributed by atoms with Crippen LogP contribution in [-0.2, 0) is 6.67 Å². The number of anilines is 2. The number of benzene rings is 2. The molecule has 1 fully saturated rings. The molecule has 1 aromatic heterocycles. The molecule has 2 heterocycles. The summed E-state index contributed by atoms with van der Waals surface area (Å²) in [6.07, 6.45) is 0. The molecule has 3 aromatic rings. The van der Waals surface area contributed by atoms with E-state index < -0.39 is 6.67 Å². The number of para-hydroxylation sites is 1. The first kappa shape index (κ1) is 18.1. The summed E-state index contributed by atoms with van der Waals surface area (Å²) >= 11 is 0. The monoisotopic (exact) mass is 383 g/mol. The van der Waals surface area contributed by atoms with E-state index in [1.807, 2.05) is 36.4 Å². The summed E-state index contributed by atoms with van der Waals surface area (Å²) < 4.78 is 18.4. The third-order valence-electron chi connectivity index (χ3n) is 5.04. The fourth-order valence-corrected chi connectivity index (χ4v) is 3.47. The van der Waals surface area contributed by atoms with Crippen LogP contribution in [0.5, 0.6) is 5.75 Å². The number of piperazine rings is 1. The van der Waals surface area contributed by atoms with Crippen molar-refractivity contribution < 1.29 is 13.9 Å². The maximum Gasteiger partial charge on any atom is 0.323 e. The minimum absolute atomic E-state index is 0.170. The molecule has 2 aromatic carbocycles. The lowest BCUT2D eigenvalue weighted by molar-refractivity contribution is 0.208. The molecule has 1 saturated heterocycles. The zero-order chi connectivity index (χ0) is 19.5. The van der Waals surface area contributed by atoms with E-state index >= 15 is 0 Å². The molecular weight excluding hydrogens is 361 g/mol. The lowest BCUT2D eigenvalue weighted by atomic mass is 10.1. The number of aromatic nitrogens is 2. The van der Waals surface area contributed by atoms with Crippen LogP contribution in [0.1, 0.15) is 5.56 Å². The smallest absolute Gasteiger partial charge is 0.323 e.